The van der Waals surface area contributed by atoms with Crippen LogP contribution in [0.3, 0.4) is 0 Å². The third-order valence-electron chi connectivity index (χ3n) is 1.65. The molecule has 0 N–H and O–H groups in total. The van der Waals surface area contributed by atoms with Crippen molar-refractivity contribution < 1.29 is 17.9 Å². The van der Waals surface area contributed by atoms with Crippen molar-refractivity contribution in [1.82, 2.24) is 4.31 Å². The monoisotopic (exact) mass is 233 g/mol. The second kappa shape index (κ2) is 4.32. The number of carbonyl (C=O) groups is 1. The zero-order valence-electron chi connectivity index (χ0n) is 9.06. The Hall–Kier alpha value is -0.880. The average molecular weight is 233 g/mol. The van der Waals surface area contributed by atoms with E-state index < -0.39 is 23.0 Å². The lowest BCUT2D eigenvalue weighted by atomic mass is 10.2. The molecule has 2 atom stereocenters. The molecule has 0 aromatic rings. The Kier molecular flexibility index (Phi) is 3.51. The normalized spacial score (nSPS) is 26.5. The van der Waals surface area contributed by atoms with Gasteiger partial charge in [0.25, 0.3) is 11.3 Å². The van der Waals surface area contributed by atoms with Gasteiger partial charge in [0.2, 0.25) is 0 Å². The Morgan fingerprint density at radius 1 is 1.67 bits per heavy atom. The standard InChI is InChI=1S/C9H15NO4S/c1-5-7-6-13-15(12)10(7)8(11)14-9(2,3)4/h5,7H,1,6H2,2-4H3/t7-,15?/m0/s1. The van der Waals surface area contributed by atoms with Crippen molar-refractivity contribution in [2.45, 2.75) is 32.4 Å². The second-order valence-corrected chi connectivity index (χ2v) is 5.17. The summed E-state index contributed by atoms with van der Waals surface area (Å²) in [5.41, 5.74) is -0.615. The molecule has 0 aromatic heterocycles. The van der Waals surface area contributed by atoms with Gasteiger partial charge < -0.3 is 4.74 Å². The summed E-state index contributed by atoms with van der Waals surface area (Å²) in [6.45, 7) is 8.96. The highest BCUT2D eigenvalue weighted by Crippen LogP contribution is 2.19. The summed E-state index contributed by atoms with van der Waals surface area (Å²) in [5.74, 6) is 0. The van der Waals surface area contributed by atoms with E-state index in [9.17, 15) is 9.00 Å². The number of hydrogen-bond donors (Lipinski definition) is 0. The van der Waals surface area contributed by atoms with E-state index in [4.69, 9.17) is 8.92 Å². The van der Waals surface area contributed by atoms with Crippen molar-refractivity contribution in [2.24, 2.45) is 0 Å². The third-order valence-corrected chi connectivity index (χ3v) is 2.73. The maximum atomic E-state index is 11.6. The summed E-state index contributed by atoms with van der Waals surface area (Å²) in [4.78, 5) is 11.6. The van der Waals surface area contributed by atoms with Gasteiger partial charge in [-0.3, -0.25) is 4.18 Å². The van der Waals surface area contributed by atoms with Crippen LogP contribution >= 0.6 is 0 Å². The average Bonchev–Trinajstić information content (AvgIpc) is 2.43. The van der Waals surface area contributed by atoms with Gasteiger partial charge in [0, 0.05) is 0 Å². The van der Waals surface area contributed by atoms with Gasteiger partial charge in [-0.1, -0.05) is 6.08 Å². The molecule has 15 heavy (non-hydrogen) atoms. The van der Waals surface area contributed by atoms with Crippen LogP contribution in [0.15, 0.2) is 12.7 Å². The van der Waals surface area contributed by atoms with Crippen molar-refractivity contribution in [3.8, 4) is 0 Å². The van der Waals surface area contributed by atoms with Gasteiger partial charge in [-0.15, -0.1) is 6.58 Å². The third kappa shape index (κ3) is 3.04. The lowest BCUT2D eigenvalue weighted by molar-refractivity contribution is 0.0383. The van der Waals surface area contributed by atoms with Crippen LogP contribution in [0, 0.1) is 0 Å². The molecule has 5 nitrogen and oxygen atoms in total. The largest absolute Gasteiger partial charge is 0.443 e. The number of nitrogens with zero attached hydrogens (tertiary/aromatic N) is 1. The van der Waals surface area contributed by atoms with Crippen LogP contribution in [0.1, 0.15) is 20.8 Å². The van der Waals surface area contributed by atoms with Gasteiger partial charge in [-0.25, -0.2) is 9.00 Å². The number of rotatable bonds is 1. The molecule has 1 saturated heterocycles. The lowest BCUT2D eigenvalue weighted by Crippen LogP contribution is -2.39. The van der Waals surface area contributed by atoms with Crippen LogP contribution in [-0.4, -0.2) is 32.9 Å². The van der Waals surface area contributed by atoms with Crippen molar-refractivity contribution in [2.75, 3.05) is 6.61 Å². The predicted octanol–water partition coefficient (Wildman–Crippen LogP) is 1.39. The van der Waals surface area contributed by atoms with Crippen LogP contribution in [-0.2, 0) is 20.2 Å². The van der Waals surface area contributed by atoms with Crippen LogP contribution in [0.5, 0.6) is 0 Å². The minimum absolute atomic E-state index is 0.190. The first-order valence-electron chi connectivity index (χ1n) is 4.55. The summed E-state index contributed by atoms with van der Waals surface area (Å²) < 4.78 is 22.3. The topological polar surface area (TPSA) is 55.8 Å². The molecule has 0 aromatic carbocycles. The molecular weight excluding hydrogens is 218 g/mol. The summed E-state index contributed by atoms with van der Waals surface area (Å²) in [7, 11) is 0. The van der Waals surface area contributed by atoms with Crippen molar-refractivity contribution >= 4 is 17.4 Å². The molecule has 1 aliphatic heterocycles. The first-order chi connectivity index (χ1) is 6.85. The predicted molar refractivity (Wildman–Crippen MR) is 56.2 cm³/mol. The first kappa shape index (κ1) is 12.2. The van der Waals surface area contributed by atoms with E-state index in [1.54, 1.807) is 20.8 Å². The summed E-state index contributed by atoms with van der Waals surface area (Å²) in [6, 6.07) is -0.388. The maximum Gasteiger partial charge on any atom is 0.424 e. The quantitative estimate of drug-likeness (QED) is 0.642. The first-order valence-corrected chi connectivity index (χ1v) is 5.58. The highest BCUT2D eigenvalue weighted by atomic mass is 32.2. The van der Waals surface area contributed by atoms with Gasteiger partial charge >= 0.3 is 6.09 Å². The Labute approximate surface area is 91.8 Å². The molecule has 6 heteroatoms. The van der Waals surface area contributed by atoms with Crippen LogP contribution in [0.25, 0.3) is 0 Å². The SMILES string of the molecule is C=C[C@H]1COS(=O)N1C(=O)OC(C)(C)C. The number of carbonyl (C=O) groups excluding carboxylic acids is 1. The Morgan fingerprint density at radius 3 is 2.73 bits per heavy atom. The van der Waals surface area contributed by atoms with Crippen molar-refractivity contribution in [1.29, 1.82) is 0 Å². The molecule has 86 valence electrons. The highest BCUT2D eigenvalue weighted by Gasteiger charge is 2.37. The molecular formula is C9H15NO4S. The molecule has 1 rings (SSSR count). The van der Waals surface area contributed by atoms with Crippen LogP contribution in [0.4, 0.5) is 4.79 Å². The smallest absolute Gasteiger partial charge is 0.424 e. The molecule has 1 heterocycles. The second-order valence-electron chi connectivity index (χ2n) is 4.11. The Morgan fingerprint density at radius 2 is 2.27 bits per heavy atom. The van der Waals surface area contributed by atoms with E-state index in [-0.39, 0.29) is 12.6 Å². The van der Waals surface area contributed by atoms with Gasteiger partial charge in [-0.2, -0.15) is 4.31 Å². The van der Waals surface area contributed by atoms with Crippen molar-refractivity contribution in [3.63, 3.8) is 0 Å². The zero-order valence-corrected chi connectivity index (χ0v) is 9.87. The number of amides is 1. The molecule has 1 unspecified atom stereocenters. The van der Waals surface area contributed by atoms with E-state index in [0.717, 1.165) is 4.31 Å². The molecule has 0 aliphatic carbocycles. The van der Waals surface area contributed by atoms with Crippen LogP contribution < -0.4 is 0 Å². The molecule has 1 fully saturated rings. The fourth-order valence-electron chi connectivity index (χ4n) is 1.03. The minimum Gasteiger partial charge on any atom is -0.443 e. The zero-order chi connectivity index (χ0) is 11.6. The van der Waals surface area contributed by atoms with E-state index in [1.807, 2.05) is 0 Å². The van der Waals surface area contributed by atoms with E-state index in [2.05, 4.69) is 6.58 Å². The van der Waals surface area contributed by atoms with Gasteiger partial charge in [0.05, 0.1) is 12.6 Å². The maximum absolute atomic E-state index is 11.6. The molecule has 1 aliphatic rings. The number of ether oxygens (including phenoxy) is 1. The fraction of sp³-hybridized carbons (Fsp3) is 0.667. The van der Waals surface area contributed by atoms with Gasteiger partial charge in [0.15, 0.2) is 0 Å². The van der Waals surface area contributed by atoms with Crippen LogP contribution in [0.2, 0.25) is 0 Å². The van der Waals surface area contributed by atoms with E-state index in [0.29, 0.717) is 0 Å². The van der Waals surface area contributed by atoms with Gasteiger partial charge in [-0.05, 0) is 20.8 Å². The Balaban J connectivity index is 2.73. The fourth-order valence-corrected chi connectivity index (χ4v) is 1.93. The van der Waals surface area contributed by atoms with Gasteiger partial charge in [0.1, 0.15) is 5.60 Å². The lowest BCUT2D eigenvalue weighted by Gasteiger charge is -2.24. The van der Waals surface area contributed by atoms with Crippen molar-refractivity contribution in [3.05, 3.63) is 12.7 Å². The molecule has 0 radical (unpaired) electrons. The van der Waals surface area contributed by atoms with E-state index in [1.165, 1.54) is 6.08 Å². The molecule has 0 spiro atoms. The summed E-state index contributed by atoms with van der Waals surface area (Å²) in [5, 5.41) is 0. The molecule has 1 amide bonds. The summed E-state index contributed by atoms with van der Waals surface area (Å²) >= 11 is -1.77. The Bertz CT molecular complexity index is 297. The molecule has 0 saturated carbocycles. The highest BCUT2D eigenvalue weighted by molar-refractivity contribution is 7.78. The molecule has 0 bridgehead atoms. The number of hydrogen-bond acceptors (Lipinski definition) is 4. The summed E-state index contributed by atoms with van der Waals surface area (Å²) in [6.07, 6.45) is 0.859. The van der Waals surface area contributed by atoms with E-state index >= 15 is 0 Å². The minimum atomic E-state index is -1.77.